The van der Waals surface area contributed by atoms with Crippen LogP contribution < -0.4 is 19.7 Å². The Labute approximate surface area is 190 Å². The highest BCUT2D eigenvalue weighted by molar-refractivity contribution is 14.0. The van der Waals surface area contributed by atoms with Crippen LogP contribution in [0.1, 0.15) is 12.5 Å². The summed E-state index contributed by atoms with van der Waals surface area (Å²) in [4.78, 5) is 13.8. The molecule has 8 heteroatoms. The first-order valence-electron chi connectivity index (χ1n) is 9.64. The summed E-state index contributed by atoms with van der Waals surface area (Å²) in [6, 6.07) is 12.1. The normalized spacial score (nSPS) is 14.2. The summed E-state index contributed by atoms with van der Waals surface area (Å²) in [5.74, 6) is 2.46. The molecular weight excluding hydrogens is 481 g/mol. The van der Waals surface area contributed by atoms with Crippen molar-refractivity contribution < 1.29 is 9.47 Å². The number of nitrogens with zero attached hydrogens (tertiary/aromatic N) is 4. The van der Waals surface area contributed by atoms with Crippen LogP contribution in [-0.2, 0) is 6.54 Å². The molecule has 1 aromatic heterocycles. The molecule has 1 aromatic carbocycles. The Balaban J connectivity index is 0.00000300. The minimum Gasteiger partial charge on any atom is -0.497 e. The van der Waals surface area contributed by atoms with Crippen LogP contribution in [0.15, 0.2) is 47.6 Å². The van der Waals surface area contributed by atoms with Crippen molar-refractivity contribution in [2.75, 3.05) is 51.8 Å². The van der Waals surface area contributed by atoms with Crippen LogP contribution in [0.3, 0.4) is 0 Å². The molecule has 1 aliphatic heterocycles. The van der Waals surface area contributed by atoms with Crippen molar-refractivity contribution in [1.29, 1.82) is 0 Å². The lowest BCUT2D eigenvalue weighted by Crippen LogP contribution is -2.52. The highest BCUT2D eigenvalue weighted by atomic mass is 127. The van der Waals surface area contributed by atoms with Crippen molar-refractivity contribution in [2.45, 2.75) is 13.5 Å². The summed E-state index contributed by atoms with van der Waals surface area (Å²) < 4.78 is 10.4. The van der Waals surface area contributed by atoms with Crippen LogP contribution in [0.4, 0.5) is 5.69 Å². The van der Waals surface area contributed by atoms with Crippen LogP contribution in [-0.4, -0.2) is 62.8 Å². The van der Waals surface area contributed by atoms with Crippen molar-refractivity contribution in [3.8, 4) is 11.6 Å². The smallest absolute Gasteiger partial charge is 0.212 e. The van der Waals surface area contributed by atoms with E-state index in [2.05, 4.69) is 39.2 Å². The molecule has 0 radical (unpaired) electrons. The lowest BCUT2D eigenvalue weighted by molar-refractivity contribution is 0.372. The molecule has 0 amide bonds. The molecule has 0 saturated carbocycles. The zero-order valence-corrected chi connectivity index (χ0v) is 19.6. The predicted octanol–water partition coefficient (Wildman–Crippen LogP) is 3.00. The number of methoxy groups -OCH3 is 2. The van der Waals surface area contributed by atoms with E-state index in [1.807, 2.05) is 30.5 Å². The number of pyridine rings is 1. The Bertz CT molecular complexity index is 760. The average molecular weight is 511 g/mol. The summed E-state index contributed by atoms with van der Waals surface area (Å²) in [5.41, 5.74) is 2.29. The molecule has 2 heterocycles. The van der Waals surface area contributed by atoms with Gasteiger partial charge in [-0.1, -0.05) is 6.07 Å². The first-order valence-corrected chi connectivity index (χ1v) is 9.64. The topological polar surface area (TPSA) is 62.2 Å². The number of hydrogen-bond donors (Lipinski definition) is 1. The molecule has 7 nitrogen and oxygen atoms in total. The fourth-order valence-electron chi connectivity index (χ4n) is 3.19. The van der Waals surface area contributed by atoms with E-state index in [9.17, 15) is 0 Å². The number of benzene rings is 1. The zero-order valence-electron chi connectivity index (χ0n) is 17.3. The second-order valence-corrected chi connectivity index (χ2v) is 6.55. The number of halogens is 1. The molecule has 1 N–H and O–H groups in total. The van der Waals surface area contributed by atoms with Crippen molar-refractivity contribution >= 4 is 35.6 Å². The number of rotatable bonds is 6. The maximum Gasteiger partial charge on any atom is 0.212 e. The van der Waals surface area contributed by atoms with Gasteiger partial charge < -0.3 is 24.6 Å². The fraction of sp³-hybridized carbons (Fsp3) is 0.429. The highest BCUT2D eigenvalue weighted by Gasteiger charge is 2.19. The second-order valence-electron chi connectivity index (χ2n) is 6.55. The van der Waals surface area contributed by atoms with Crippen molar-refractivity contribution in [2.24, 2.45) is 4.99 Å². The molecule has 1 saturated heterocycles. The van der Waals surface area contributed by atoms with Gasteiger partial charge in [-0.2, -0.15) is 0 Å². The Morgan fingerprint density at radius 3 is 2.31 bits per heavy atom. The third kappa shape index (κ3) is 6.38. The van der Waals surface area contributed by atoms with E-state index >= 15 is 0 Å². The molecule has 0 bridgehead atoms. The third-order valence-corrected chi connectivity index (χ3v) is 4.77. The number of aliphatic imine (C=N–C) groups is 1. The zero-order chi connectivity index (χ0) is 19.8. The Morgan fingerprint density at radius 2 is 1.76 bits per heavy atom. The molecular formula is C21H30IN5O2. The largest absolute Gasteiger partial charge is 0.497 e. The van der Waals surface area contributed by atoms with Gasteiger partial charge in [-0.15, -0.1) is 24.0 Å². The molecule has 1 aliphatic rings. The van der Waals surface area contributed by atoms with Crippen molar-refractivity contribution in [3.63, 3.8) is 0 Å². The van der Waals surface area contributed by atoms with E-state index in [1.165, 1.54) is 5.69 Å². The number of piperazine rings is 1. The standard InChI is InChI=1S/C21H29N5O2.HI/c1-4-22-21(24-16-17-5-10-20(28-3)23-15-17)26-13-11-25(12-14-26)18-6-8-19(27-2)9-7-18;/h5-10,15H,4,11-14,16H2,1-3H3,(H,22,24);1H. The molecule has 3 rings (SSSR count). The summed E-state index contributed by atoms with van der Waals surface area (Å²) in [6.45, 7) is 7.31. The second kappa shape index (κ2) is 11.7. The molecule has 0 unspecified atom stereocenters. The van der Waals surface area contributed by atoms with Gasteiger partial charge in [0.15, 0.2) is 5.96 Å². The molecule has 0 atom stereocenters. The van der Waals surface area contributed by atoms with E-state index in [0.29, 0.717) is 12.4 Å². The van der Waals surface area contributed by atoms with Crippen LogP contribution in [0.2, 0.25) is 0 Å². The maximum absolute atomic E-state index is 5.25. The number of aromatic nitrogens is 1. The van der Waals surface area contributed by atoms with E-state index in [-0.39, 0.29) is 24.0 Å². The Morgan fingerprint density at radius 1 is 1.03 bits per heavy atom. The maximum atomic E-state index is 5.25. The molecule has 0 spiro atoms. The molecule has 158 valence electrons. The Kier molecular flexibility index (Phi) is 9.30. The SMILES string of the molecule is CCNC(=NCc1ccc(OC)nc1)N1CCN(c2ccc(OC)cc2)CC1.I. The van der Waals surface area contributed by atoms with E-state index < -0.39 is 0 Å². The Hall–Kier alpha value is -2.23. The first-order chi connectivity index (χ1) is 13.7. The summed E-state index contributed by atoms with van der Waals surface area (Å²) >= 11 is 0. The van der Waals surface area contributed by atoms with Gasteiger partial charge in [-0.05, 0) is 36.8 Å². The minimum absolute atomic E-state index is 0. The van der Waals surface area contributed by atoms with E-state index in [1.54, 1.807) is 14.2 Å². The molecule has 2 aromatic rings. The summed E-state index contributed by atoms with van der Waals surface area (Å²) in [7, 11) is 3.31. The fourth-order valence-corrected chi connectivity index (χ4v) is 3.19. The van der Waals surface area contributed by atoms with Gasteiger partial charge in [0.2, 0.25) is 5.88 Å². The van der Waals surface area contributed by atoms with Gasteiger partial charge >= 0.3 is 0 Å². The predicted molar refractivity (Wildman–Crippen MR) is 128 cm³/mol. The molecule has 1 fully saturated rings. The van der Waals surface area contributed by atoms with Gasteiger partial charge in [-0.25, -0.2) is 9.98 Å². The first kappa shape index (κ1) is 23.1. The van der Waals surface area contributed by atoms with Gasteiger partial charge in [0.05, 0.1) is 20.8 Å². The number of ether oxygens (including phenoxy) is 2. The van der Waals surface area contributed by atoms with Crippen molar-refractivity contribution in [1.82, 2.24) is 15.2 Å². The van der Waals surface area contributed by atoms with Crippen LogP contribution >= 0.6 is 24.0 Å². The highest BCUT2D eigenvalue weighted by Crippen LogP contribution is 2.20. The minimum atomic E-state index is 0. The number of hydrogen-bond acceptors (Lipinski definition) is 5. The number of nitrogens with one attached hydrogen (secondary N) is 1. The average Bonchev–Trinajstić information content (AvgIpc) is 2.77. The van der Waals surface area contributed by atoms with Gasteiger partial charge in [0, 0.05) is 50.7 Å². The van der Waals surface area contributed by atoms with Gasteiger partial charge in [0.25, 0.3) is 0 Å². The van der Waals surface area contributed by atoms with Crippen LogP contribution in [0, 0.1) is 0 Å². The number of guanidine groups is 1. The quantitative estimate of drug-likeness (QED) is 0.366. The lowest BCUT2D eigenvalue weighted by Gasteiger charge is -2.37. The summed E-state index contributed by atoms with van der Waals surface area (Å²) in [5, 5.41) is 3.41. The monoisotopic (exact) mass is 511 g/mol. The lowest BCUT2D eigenvalue weighted by atomic mass is 10.2. The summed E-state index contributed by atoms with van der Waals surface area (Å²) in [6.07, 6.45) is 1.81. The van der Waals surface area contributed by atoms with Crippen molar-refractivity contribution in [3.05, 3.63) is 48.2 Å². The van der Waals surface area contributed by atoms with E-state index in [0.717, 1.165) is 50.0 Å². The van der Waals surface area contributed by atoms with E-state index in [4.69, 9.17) is 14.5 Å². The molecule has 29 heavy (non-hydrogen) atoms. The van der Waals surface area contributed by atoms with Crippen LogP contribution in [0.5, 0.6) is 11.6 Å². The van der Waals surface area contributed by atoms with Crippen LogP contribution in [0.25, 0.3) is 0 Å². The molecule has 0 aliphatic carbocycles. The number of anilines is 1. The van der Waals surface area contributed by atoms with Gasteiger partial charge in [-0.3, -0.25) is 0 Å². The van der Waals surface area contributed by atoms with Gasteiger partial charge in [0.1, 0.15) is 5.75 Å². The third-order valence-electron chi connectivity index (χ3n) is 4.77.